The summed E-state index contributed by atoms with van der Waals surface area (Å²) in [4.78, 5) is 25.5. The minimum absolute atomic E-state index is 0.0703. The van der Waals surface area contributed by atoms with Gasteiger partial charge in [0.05, 0.1) is 5.75 Å². The summed E-state index contributed by atoms with van der Waals surface area (Å²) in [5.41, 5.74) is 0.414. The van der Waals surface area contributed by atoms with E-state index in [1.165, 1.54) is 11.8 Å². The molecule has 6 heteroatoms. The van der Waals surface area contributed by atoms with Crippen LogP contribution in [0.25, 0.3) is 0 Å². The van der Waals surface area contributed by atoms with E-state index >= 15 is 0 Å². The molecule has 0 aliphatic rings. The third-order valence-electron chi connectivity index (χ3n) is 2.83. The van der Waals surface area contributed by atoms with Crippen molar-refractivity contribution in [3.05, 3.63) is 30.3 Å². The Balaban J connectivity index is 2.27. The molecule has 0 heterocycles. The van der Waals surface area contributed by atoms with Crippen LogP contribution in [-0.2, 0) is 9.53 Å². The van der Waals surface area contributed by atoms with Gasteiger partial charge in [-0.05, 0) is 39.8 Å². The number of alkyl carbamates (subject to hydrolysis) is 1. The van der Waals surface area contributed by atoms with Crippen molar-refractivity contribution in [3.63, 3.8) is 0 Å². The molecule has 1 aromatic carbocycles. The van der Waals surface area contributed by atoms with Crippen LogP contribution in [0.2, 0.25) is 0 Å². The summed E-state index contributed by atoms with van der Waals surface area (Å²) >= 11 is 1.50. The van der Waals surface area contributed by atoms with Gasteiger partial charge >= 0.3 is 6.09 Å². The lowest BCUT2D eigenvalue weighted by Gasteiger charge is -2.21. The van der Waals surface area contributed by atoms with E-state index in [1.807, 2.05) is 58.0 Å². The van der Waals surface area contributed by atoms with E-state index in [0.29, 0.717) is 24.6 Å². The number of thioether (sulfide) groups is 1. The van der Waals surface area contributed by atoms with Crippen LogP contribution in [0.5, 0.6) is 0 Å². The molecule has 0 saturated heterocycles. The van der Waals surface area contributed by atoms with Crippen molar-refractivity contribution in [1.82, 2.24) is 5.32 Å². The van der Waals surface area contributed by atoms with Crippen LogP contribution in [0.4, 0.5) is 10.5 Å². The molecule has 2 amide bonds. The zero-order chi connectivity index (χ0) is 17.3. The molecular formula is C17H26N2O3S. The average Bonchev–Trinajstić information content (AvgIpc) is 2.47. The van der Waals surface area contributed by atoms with E-state index in [0.717, 1.165) is 5.69 Å². The van der Waals surface area contributed by atoms with Gasteiger partial charge in [0.25, 0.3) is 0 Å². The second-order valence-electron chi connectivity index (χ2n) is 5.95. The van der Waals surface area contributed by atoms with Crippen LogP contribution < -0.4 is 10.2 Å². The maximum absolute atomic E-state index is 12.3. The van der Waals surface area contributed by atoms with E-state index < -0.39 is 11.7 Å². The first kappa shape index (κ1) is 19.4. The van der Waals surface area contributed by atoms with Crippen LogP contribution in [-0.4, -0.2) is 42.2 Å². The summed E-state index contributed by atoms with van der Waals surface area (Å²) in [6, 6.07) is 9.62. The number of hydrogen-bond acceptors (Lipinski definition) is 4. The lowest BCUT2D eigenvalue weighted by Crippen LogP contribution is -2.34. The van der Waals surface area contributed by atoms with Crippen molar-refractivity contribution in [2.75, 3.05) is 29.5 Å². The fourth-order valence-electron chi connectivity index (χ4n) is 1.89. The monoisotopic (exact) mass is 338 g/mol. The molecule has 0 radical (unpaired) electrons. The number of carbonyl (C=O) groups is 2. The van der Waals surface area contributed by atoms with Crippen molar-refractivity contribution in [2.24, 2.45) is 0 Å². The first-order chi connectivity index (χ1) is 10.8. The lowest BCUT2D eigenvalue weighted by atomic mass is 10.2. The Kier molecular flexibility index (Phi) is 7.95. The molecule has 0 atom stereocenters. The second-order valence-corrected chi connectivity index (χ2v) is 7.06. The highest BCUT2D eigenvalue weighted by Gasteiger charge is 2.16. The maximum Gasteiger partial charge on any atom is 0.407 e. The molecule has 0 bridgehead atoms. The SMILES string of the molecule is CCN(C(=O)CSCCNC(=O)OC(C)(C)C)c1ccccc1. The maximum atomic E-state index is 12.3. The molecule has 5 nitrogen and oxygen atoms in total. The van der Waals surface area contributed by atoms with E-state index in [4.69, 9.17) is 4.74 Å². The standard InChI is InChI=1S/C17H26N2O3S/c1-5-19(14-9-7-6-8-10-14)15(20)13-23-12-11-18-16(21)22-17(2,3)4/h6-10H,5,11-13H2,1-4H3,(H,18,21). The summed E-state index contributed by atoms with van der Waals surface area (Å²) in [7, 11) is 0. The number of hydrogen-bond donors (Lipinski definition) is 1. The van der Waals surface area contributed by atoms with Gasteiger partial charge in [-0.15, -0.1) is 0 Å². The molecule has 0 aliphatic carbocycles. The van der Waals surface area contributed by atoms with Gasteiger partial charge in [-0.1, -0.05) is 18.2 Å². The van der Waals surface area contributed by atoms with E-state index in [9.17, 15) is 9.59 Å². The molecule has 1 aromatic rings. The highest BCUT2D eigenvalue weighted by atomic mass is 32.2. The number of carbonyl (C=O) groups excluding carboxylic acids is 2. The fourth-order valence-corrected chi connectivity index (χ4v) is 2.61. The zero-order valence-corrected chi connectivity index (χ0v) is 15.1. The van der Waals surface area contributed by atoms with Crippen LogP contribution in [0.3, 0.4) is 0 Å². The van der Waals surface area contributed by atoms with Crippen LogP contribution in [0.1, 0.15) is 27.7 Å². The van der Waals surface area contributed by atoms with Gasteiger partial charge in [0.1, 0.15) is 5.60 Å². The molecule has 1 N–H and O–H groups in total. The molecule has 128 valence electrons. The molecule has 1 rings (SSSR count). The van der Waals surface area contributed by atoms with Crippen LogP contribution in [0, 0.1) is 0 Å². The Bertz CT molecular complexity index is 500. The highest BCUT2D eigenvalue weighted by Crippen LogP contribution is 2.14. The number of para-hydroxylation sites is 1. The van der Waals surface area contributed by atoms with Crippen molar-refractivity contribution < 1.29 is 14.3 Å². The van der Waals surface area contributed by atoms with Gasteiger partial charge in [-0.3, -0.25) is 4.79 Å². The fraction of sp³-hybridized carbons (Fsp3) is 0.529. The van der Waals surface area contributed by atoms with Gasteiger partial charge in [0.2, 0.25) is 5.91 Å². The first-order valence-electron chi connectivity index (χ1n) is 7.73. The molecule has 0 spiro atoms. The minimum atomic E-state index is -0.496. The van der Waals surface area contributed by atoms with E-state index in [1.54, 1.807) is 4.90 Å². The third-order valence-corrected chi connectivity index (χ3v) is 3.77. The Labute approximate surface area is 142 Å². The Morgan fingerprint density at radius 1 is 1.22 bits per heavy atom. The normalized spacial score (nSPS) is 11.0. The van der Waals surface area contributed by atoms with Crippen molar-refractivity contribution >= 4 is 29.4 Å². The molecular weight excluding hydrogens is 312 g/mol. The summed E-state index contributed by atoms with van der Waals surface area (Å²) in [5, 5.41) is 2.68. The molecule has 0 aliphatic heterocycles. The van der Waals surface area contributed by atoms with Gasteiger partial charge in [-0.25, -0.2) is 4.79 Å². The van der Waals surface area contributed by atoms with Crippen LogP contribution in [0.15, 0.2) is 30.3 Å². The predicted octanol–water partition coefficient (Wildman–Crippen LogP) is 3.30. The van der Waals surface area contributed by atoms with Gasteiger partial charge in [0.15, 0.2) is 0 Å². The second kappa shape index (κ2) is 9.45. The Hall–Kier alpha value is -1.69. The number of ether oxygens (including phenoxy) is 1. The summed E-state index contributed by atoms with van der Waals surface area (Å²) in [6.07, 6.45) is -0.427. The third kappa shape index (κ3) is 7.93. The molecule has 0 saturated carbocycles. The molecule has 0 fully saturated rings. The average molecular weight is 338 g/mol. The summed E-state index contributed by atoms with van der Waals surface area (Å²) < 4.78 is 5.14. The lowest BCUT2D eigenvalue weighted by molar-refractivity contribution is -0.116. The van der Waals surface area contributed by atoms with Gasteiger partial charge in [0, 0.05) is 24.5 Å². The molecule has 0 aromatic heterocycles. The zero-order valence-electron chi connectivity index (χ0n) is 14.3. The summed E-state index contributed by atoms with van der Waals surface area (Å²) in [6.45, 7) is 8.54. The van der Waals surface area contributed by atoms with Crippen molar-refractivity contribution in [3.8, 4) is 0 Å². The Morgan fingerprint density at radius 3 is 2.43 bits per heavy atom. The van der Waals surface area contributed by atoms with Crippen LogP contribution >= 0.6 is 11.8 Å². The van der Waals surface area contributed by atoms with E-state index in [2.05, 4.69) is 5.32 Å². The van der Waals surface area contributed by atoms with Gasteiger partial charge in [-0.2, -0.15) is 11.8 Å². The largest absolute Gasteiger partial charge is 0.444 e. The quantitative estimate of drug-likeness (QED) is 0.775. The van der Waals surface area contributed by atoms with Crippen molar-refractivity contribution in [2.45, 2.75) is 33.3 Å². The number of benzene rings is 1. The van der Waals surface area contributed by atoms with E-state index in [-0.39, 0.29) is 5.91 Å². The number of nitrogens with one attached hydrogen (secondary N) is 1. The number of anilines is 1. The Morgan fingerprint density at radius 2 is 1.87 bits per heavy atom. The number of nitrogens with zero attached hydrogens (tertiary/aromatic N) is 1. The molecule has 0 unspecified atom stereocenters. The highest BCUT2D eigenvalue weighted by molar-refractivity contribution is 7.99. The number of rotatable bonds is 7. The predicted molar refractivity (Wildman–Crippen MR) is 96.0 cm³/mol. The summed E-state index contributed by atoms with van der Waals surface area (Å²) in [5.74, 6) is 1.12. The molecule has 23 heavy (non-hydrogen) atoms. The topological polar surface area (TPSA) is 58.6 Å². The smallest absolute Gasteiger partial charge is 0.407 e. The van der Waals surface area contributed by atoms with Gasteiger partial charge < -0.3 is 15.0 Å². The first-order valence-corrected chi connectivity index (χ1v) is 8.89. The van der Waals surface area contributed by atoms with Crippen molar-refractivity contribution in [1.29, 1.82) is 0 Å². The minimum Gasteiger partial charge on any atom is -0.444 e. The number of amides is 2.